The van der Waals surface area contributed by atoms with Crippen LogP contribution in [0.15, 0.2) is 0 Å². The van der Waals surface area contributed by atoms with Gasteiger partial charge in [0.1, 0.15) is 17.7 Å². The lowest BCUT2D eigenvalue weighted by Crippen LogP contribution is -2.22. The van der Waals surface area contributed by atoms with E-state index < -0.39 is 37.4 Å². The van der Waals surface area contributed by atoms with Crippen LogP contribution in [0.3, 0.4) is 0 Å². The SMILES string of the molecule is COC(OC)[SiH2]C#C[SiH](C#C[SiH2]C(OC)OC)C#C[SiH2]C(OC)OC. The lowest BCUT2D eigenvalue weighted by Gasteiger charge is -2.08. The van der Waals surface area contributed by atoms with Gasteiger partial charge >= 0.3 is 0 Å². The van der Waals surface area contributed by atoms with Crippen LogP contribution in [-0.2, 0) is 28.4 Å². The second-order valence-corrected chi connectivity index (χ2v) is 10.7. The van der Waals surface area contributed by atoms with Crippen LogP contribution in [0.2, 0.25) is 0 Å². The van der Waals surface area contributed by atoms with Crippen molar-refractivity contribution in [3.8, 4) is 33.3 Å². The zero-order valence-electron chi connectivity index (χ0n) is 15.9. The van der Waals surface area contributed by atoms with Crippen LogP contribution in [0.25, 0.3) is 0 Å². The fourth-order valence-electron chi connectivity index (χ4n) is 1.63. The Kier molecular flexibility index (Phi) is 16.3. The van der Waals surface area contributed by atoms with Crippen molar-refractivity contribution < 1.29 is 28.4 Å². The fourth-order valence-corrected chi connectivity index (χ4v) is 7.21. The summed E-state index contributed by atoms with van der Waals surface area (Å²) < 4.78 is 31.2. The van der Waals surface area contributed by atoms with Crippen molar-refractivity contribution in [3.63, 3.8) is 0 Å². The summed E-state index contributed by atoms with van der Waals surface area (Å²) in [5.74, 6) is -0.571. The molecule has 0 aromatic carbocycles. The van der Waals surface area contributed by atoms with Crippen molar-refractivity contribution in [3.05, 3.63) is 0 Å². The standard InChI is InChI=1S/C15H28O6Si4/c1-16-13(17-2)22-7-10-25(11-8-23-14(18-3)19-4)12-9-24-15(20-5)21-6/h13-15,25H,22-24H2,1-6H3. The normalized spacial score (nSPS) is 12.8. The van der Waals surface area contributed by atoms with E-state index in [2.05, 4.69) is 33.3 Å². The predicted octanol–water partition coefficient (Wildman–Crippen LogP) is -3.05. The number of methoxy groups -OCH3 is 6. The van der Waals surface area contributed by atoms with Crippen molar-refractivity contribution in [1.82, 2.24) is 0 Å². The Labute approximate surface area is 159 Å². The van der Waals surface area contributed by atoms with E-state index >= 15 is 0 Å². The summed E-state index contributed by atoms with van der Waals surface area (Å²) in [6.07, 6.45) is 0. The summed E-state index contributed by atoms with van der Waals surface area (Å²) in [7, 11) is 5.57. The number of hydrogen-bond donors (Lipinski definition) is 0. The molecule has 0 spiro atoms. The first kappa shape index (κ1) is 24.3. The average Bonchev–Trinajstić information content (AvgIpc) is 2.65. The van der Waals surface area contributed by atoms with Crippen molar-refractivity contribution in [2.45, 2.75) is 17.7 Å². The topological polar surface area (TPSA) is 55.4 Å². The minimum absolute atomic E-state index is 0.190. The van der Waals surface area contributed by atoms with E-state index in [0.717, 1.165) is 0 Å². The molecule has 0 atom stereocenters. The molecule has 0 aliphatic heterocycles. The van der Waals surface area contributed by atoms with Gasteiger partial charge in [-0.2, -0.15) is 0 Å². The van der Waals surface area contributed by atoms with Gasteiger partial charge in [0.05, 0.1) is 0 Å². The molecule has 0 radical (unpaired) electrons. The molecule has 0 bridgehead atoms. The predicted molar refractivity (Wildman–Crippen MR) is 110 cm³/mol. The van der Waals surface area contributed by atoms with Crippen LogP contribution < -0.4 is 0 Å². The molecular formula is C15H28O6Si4. The minimum Gasteiger partial charge on any atom is -0.359 e. The largest absolute Gasteiger partial charge is 0.359 e. The van der Waals surface area contributed by atoms with Gasteiger partial charge in [0.2, 0.25) is 0 Å². The molecule has 0 aliphatic carbocycles. The van der Waals surface area contributed by atoms with Crippen LogP contribution >= 0.6 is 0 Å². The molecule has 0 N–H and O–H groups in total. The van der Waals surface area contributed by atoms with Gasteiger partial charge in [0.15, 0.2) is 28.6 Å². The van der Waals surface area contributed by atoms with Gasteiger partial charge in [-0.1, -0.05) is 0 Å². The summed E-state index contributed by atoms with van der Waals surface area (Å²) in [5.41, 5.74) is 19.5. The number of rotatable bonds is 9. The van der Waals surface area contributed by atoms with Crippen LogP contribution in [0.1, 0.15) is 0 Å². The van der Waals surface area contributed by atoms with Crippen LogP contribution in [0.5, 0.6) is 0 Å². The molecule has 140 valence electrons. The molecule has 0 aromatic heterocycles. The van der Waals surface area contributed by atoms with E-state index in [0.29, 0.717) is 0 Å². The highest BCUT2D eigenvalue weighted by atomic mass is 28.3. The lowest BCUT2D eigenvalue weighted by atomic mass is 11.3. The second-order valence-electron chi connectivity index (χ2n) is 4.71. The second kappa shape index (κ2) is 16.8. The fraction of sp³-hybridized carbons (Fsp3) is 0.600. The highest BCUT2D eigenvalue weighted by molar-refractivity contribution is 6.84. The summed E-state index contributed by atoms with van der Waals surface area (Å²) in [6, 6.07) is 0. The molecule has 0 aromatic rings. The molecule has 10 heteroatoms. The molecule has 0 saturated carbocycles. The van der Waals surface area contributed by atoms with Gasteiger partial charge in [-0.05, 0) is 0 Å². The van der Waals surface area contributed by atoms with Gasteiger partial charge in [-0.15, -0.1) is 33.3 Å². The summed E-state index contributed by atoms with van der Waals surface area (Å²) >= 11 is 0. The minimum atomic E-state index is -1.79. The smallest absolute Gasteiger partial charge is 0.273 e. The first-order chi connectivity index (χ1) is 12.1. The molecule has 0 unspecified atom stereocenters. The number of ether oxygens (including phenoxy) is 6. The maximum absolute atomic E-state index is 5.19. The molecule has 0 fully saturated rings. The third kappa shape index (κ3) is 12.3. The van der Waals surface area contributed by atoms with E-state index in [1.807, 2.05) is 0 Å². The van der Waals surface area contributed by atoms with E-state index in [-0.39, 0.29) is 17.7 Å². The summed E-state index contributed by atoms with van der Waals surface area (Å²) in [5, 5.41) is 0. The molecule has 0 amide bonds. The Balaban J connectivity index is 4.96. The maximum Gasteiger partial charge on any atom is 0.273 e. The third-order valence-electron chi connectivity index (χ3n) is 3.12. The van der Waals surface area contributed by atoms with Crippen molar-refractivity contribution in [1.29, 1.82) is 0 Å². The van der Waals surface area contributed by atoms with Gasteiger partial charge in [-0.3, -0.25) is 0 Å². The molecule has 6 nitrogen and oxygen atoms in total. The maximum atomic E-state index is 5.19. The zero-order valence-corrected chi connectivity index (χ0v) is 21.3. The Morgan fingerprint density at radius 3 is 0.960 bits per heavy atom. The monoisotopic (exact) mass is 416 g/mol. The Bertz CT molecular complexity index is 439. The molecule has 25 heavy (non-hydrogen) atoms. The summed E-state index contributed by atoms with van der Waals surface area (Å²) in [4.78, 5) is 0. The van der Waals surface area contributed by atoms with Crippen molar-refractivity contribution in [2.24, 2.45) is 0 Å². The molecule has 0 saturated heterocycles. The van der Waals surface area contributed by atoms with Crippen molar-refractivity contribution in [2.75, 3.05) is 42.7 Å². The van der Waals surface area contributed by atoms with Crippen LogP contribution in [-0.4, -0.2) is 97.8 Å². The molecular weight excluding hydrogens is 389 g/mol. The Morgan fingerprint density at radius 2 is 0.760 bits per heavy atom. The highest BCUT2D eigenvalue weighted by Crippen LogP contribution is 1.89. The van der Waals surface area contributed by atoms with E-state index in [1.54, 1.807) is 42.7 Å². The van der Waals surface area contributed by atoms with E-state index in [9.17, 15) is 0 Å². The van der Waals surface area contributed by atoms with Gasteiger partial charge in [0.25, 0.3) is 8.80 Å². The molecule has 0 heterocycles. The molecule has 0 aliphatic rings. The van der Waals surface area contributed by atoms with Gasteiger partial charge in [0, 0.05) is 42.7 Å². The van der Waals surface area contributed by atoms with Gasteiger partial charge in [-0.25, -0.2) is 0 Å². The zero-order chi connectivity index (χ0) is 18.9. The first-order valence-electron chi connectivity index (χ1n) is 7.77. The van der Waals surface area contributed by atoms with Gasteiger partial charge < -0.3 is 28.4 Å². The Morgan fingerprint density at radius 1 is 0.520 bits per heavy atom. The third-order valence-corrected chi connectivity index (χ3v) is 10.1. The van der Waals surface area contributed by atoms with Crippen LogP contribution in [0, 0.1) is 33.3 Å². The van der Waals surface area contributed by atoms with Crippen LogP contribution in [0.4, 0.5) is 0 Å². The number of hydrogen-bond acceptors (Lipinski definition) is 6. The first-order valence-corrected chi connectivity index (χ1v) is 14.1. The van der Waals surface area contributed by atoms with Crippen molar-refractivity contribution >= 4 is 37.4 Å². The lowest BCUT2D eigenvalue weighted by molar-refractivity contribution is -0.0429. The van der Waals surface area contributed by atoms with E-state index in [4.69, 9.17) is 28.4 Å². The highest BCUT2D eigenvalue weighted by Gasteiger charge is 2.06. The molecule has 0 rings (SSSR count). The average molecular weight is 417 g/mol. The van der Waals surface area contributed by atoms with E-state index in [1.165, 1.54) is 0 Å². The summed E-state index contributed by atoms with van der Waals surface area (Å²) in [6.45, 7) is 0. The quantitative estimate of drug-likeness (QED) is 0.226. The Hall–Kier alpha value is -0.692.